The molecule has 98 valence electrons. The lowest BCUT2D eigenvalue weighted by atomic mass is 9.81. The first-order chi connectivity index (χ1) is 7.97. The average Bonchev–Trinajstić information content (AvgIpc) is 2.36. The Hall–Kier alpha value is -1.06. The van der Waals surface area contributed by atoms with Crippen molar-refractivity contribution in [3.63, 3.8) is 0 Å². The maximum atomic E-state index is 12.2. The summed E-state index contributed by atoms with van der Waals surface area (Å²) in [6.07, 6.45) is 3.67. The summed E-state index contributed by atoms with van der Waals surface area (Å²) in [5, 5.41) is 8.90. The Bertz CT molecular complexity index is 282. The SMILES string of the molecule is CCC(C)N(C)C(=O)C1CCC(C(=O)O)CC1. The molecule has 1 N–H and O–H groups in total. The molecule has 17 heavy (non-hydrogen) atoms. The van der Waals surface area contributed by atoms with Gasteiger partial charge in [0, 0.05) is 19.0 Å². The number of nitrogens with zero attached hydrogens (tertiary/aromatic N) is 1. The van der Waals surface area contributed by atoms with E-state index >= 15 is 0 Å². The van der Waals surface area contributed by atoms with Crippen LogP contribution in [0.1, 0.15) is 46.0 Å². The first-order valence-corrected chi connectivity index (χ1v) is 6.46. The van der Waals surface area contributed by atoms with E-state index in [1.807, 2.05) is 18.9 Å². The fourth-order valence-corrected chi connectivity index (χ4v) is 2.37. The predicted molar refractivity (Wildman–Crippen MR) is 65.6 cm³/mol. The van der Waals surface area contributed by atoms with Gasteiger partial charge in [-0.1, -0.05) is 6.92 Å². The van der Waals surface area contributed by atoms with Gasteiger partial charge in [-0.15, -0.1) is 0 Å². The molecule has 0 aromatic rings. The number of rotatable bonds is 4. The zero-order chi connectivity index (χ0) is 13.0. The van der Waals surface area contributed by atoms with Gasteiger partial charge in [0.15, 0.2) is 0 Å². The third-order valence-corrected chi connectivity index (χ3v) is 4.03. The Balaban J connectivity index is 2.48. The van der Waals surface area contributed by atoms with E-state index in [1.54, 1.807) is 0 Å². The van der Waals surface area contributed by atoms with Crippen LogP contribution in [-0.4, -0.2) is 35.0 Å². The Morgan fingerprint density at radius 1 is 1.24 bits per heavy atom. The molecule has 0 aromatic carbocycles. The quantitative estimate of drug-likeness (QED) is 0.820. The molecule has 0 aliphatic heterocycles. The highest BCUT2D eigenvalue weighted by Gasteiger charge is 2.31. The number of carbonyl (C=O) groups is 2. The van der Waals surface area contributed by atoms with Gasteiger partial charge < -0.3 is 10.0 Å². The van der Waals surface area contributed by atoms with Gasteiger partial charge in [-0.05, 0) is 39.0 Å². The highest BCUT2D eigenvalue weighted by Crippen LogP contribution is 2.30. The van der Waals surface area contributed by atoms with Crippen molar-refractivity contribution in [1.29, 1.82) is 0 Å². The second-order valence-electron chi connectivity index (χ2n) is 5.09. The number of hydrogen-bond acceptors (Lipinski definition) is 2. The van der Waals surface area contributed by atoms with Crippen LogP contribution in [-0.2, 0) is 9.59 Å². The molecule has 1 fully saturated rings. The molecule has 0 saturated heterocycles. The fourth-order valence-electron chi connectivity index (χ4n) is 2.37. The number of carboxylic acids is 1. The molecule has 4 nitrogen and oxygen atoms in total. The van der Waals surface area contributed by atoms with Crippen LogP contribution in [0.25, 0.3) is 0 Å². The van der Waals surface area contributed by atoms with Crippen LogP contribution in [0.3, 0.4) is 0 Å². The summed E-state index contributed by atoms with van der Waals surface area (Å²) >= 11 is 0. The van der Waals surface area contributed by atoms with Crippen LogP contribution in [0.5, 0.6) is 0 Å². The van der Waals surface area contributed by atoms with Gasteiger partial charge in [0.05, 0.1) is 5.92 Å². The Morgan fingerprint density at radius 2 is 1.71 bits per heavy atom. The molecular weight excluding hydrogens is 218 g/mol. The van der Waals surface area contributed by atoms with E-state index in [2.05, 4.69) is 6.92 Å². The minimum absolute atomic E-state index is 0.0320. The summed E-state index contributed by atoms with van der Waals surface area (Å²) in [7, 11) is 1.85. The highest BCUT2D eigenvalue weighted by molar-refractivity contribution is 5.79. The van der Waals surface area contributed by atoms with Gasteiger partial charge in [-0.25, -0.2) is 0 Å². The molecule has 0 aromatic heterocycles. The lowest BCUT2D eigenvalue weighted by molar-refractivity contribution is -0.145. The molecule has 4 heteroatoms. The van der Waals surface area contributed by atoms with E-state index in [4.69, 9.17) is 5.11 Å². The van der Waals surface area contributed by atoms with Crippen LogP contribution in [0, 0.1) is 11.8 Å². The van der Waals surface area contributed by atoms with Crippen molar-refractivity contribution in [2.75, 3.05) is 7.05 Å². The largest absolute Gasteiger partial charge is 0.481 e. The molecule has 0 radical (unpaired) electrons. The first-order valence-electron chi connectivity index (χ1n) is 6.46. The molecular formula is C13H23NO3. The number of amides is 1. The number of aliphatic carboxylic acids is 1. The maximum Gasteiger partial charge on any atom is 0.306 e. The second kappa shape index (κ2) is 6.03. The van der Waals surface area contributed by atoms with Crippen molar-refractivity contribution in [1.82, 2.24) is 4.90 Å². The van der Waals surface area contributed by atoms with Crippen LogP contribution in [0.15, 0.2) is 0 Å². The van der Waals surface area contributed by atoms with Gasteiger partial charge in [-0.3, -0.25) is 9.59 Å². The van der Waals surface area contributed by atoms with Crippen molar-refractivity contribution >= 4 is 11.9 Å². The molecule has 1 rings (SSSR count). The monoisotopic (exact) mass is 241 g/mol. The number of hydrogen-bond donors (Lipinski definition) is 1. The van der Waals surface area contributed by atoms with E-state index in [-0.39, 0.29) is 23.8 Å². The van der Waals surface area contributed by atoms with E-state index < -0.39 is 5.97 Å². The van der Waals surface area contributed by atoms with E-state index in [0.29, 0.717) is 12.8 Å². The zero-order valence-corrected chi connectivity index (χ0v) is 11.0. The van der Waals surface area contributed by atoms with Gasteiger partial charge in [0.2, 0.25) is 5.91 Å². The zero-order valence-electron chi connectivity index (χ0n) is 11.0. The normalized spacial score (nSPS) is 26.3. The summed E-state index contributed by atoms with van der Waals surface area (Å²) < 4.78 is 0. The van der Waals surface area contributed by atoms with Crippen molar-refractivity contribution in [3.05, 3.63) is 0 Å². The molecule has 1 amide bonds. The average molecular weight is 241 g/mol. The molecule has 0 spiro atoms. The minimum atomic E-state index is -0.717. The molecule has 0 heterocycles. The Morgan fingerprint density at radius 3 is 2.12 bits per heavy atom. The van der Waals surface area contributed by atoms with Crippen molar-refractivity contribution < 1.29 is 14.7 Å². The minimum Gasteiger partial charge on any atom is -0.481 e. The summed E-state index contributed by atoms with van der Waals surface area (Å²) in [5.41, 5.74) is 0. The Kier molecular flexibility index (Phi) is 4.97. The molecule has 1 saturated carbocycles. The number of carboxylic acid groups (broad SMARTS) is 1. The second-order valence-corrected chi connectivity index (χ2v) is 5.09. The van der Waals surface area contributed by atoms with Gasteiger partial charge in [0.1, 0.15) is 0 Å². The first kappa shape index (κ1) is 14.0. The molecule has 1 atom stereocenters. The third kappa shape index (κ3) is 3.45. The van der Waals surface area contributed by atoms with Crippen LogP contribution < -0.4 is 0 Å². The fraction of sp³-hybridized carbons (Fsp3) is 0.846. The van der Waals surface area contributed by atoms with Gasteiger partial charge >= 0.3 is 5.97 Å². The Labute approximate surface area is 103 Å². The summed E-state index contributed by atoms with van der Waals surface area (Å²) in [6, 6.07) is 0.264. The van der Waals surface area contributed by atoms with E-state index in [0.717, 1.165) is 19.3 Å². The van der Waals surface area contributed by atoms with Crippen molar-refractivity contribution in [2.45, 2.75) is 52.0 Å². The smallest absolute Gasteiger partial charge is 0.306 e. The predicted octanol–water partition coefficient (Wildman–Crippen LogP) is 2.13. The van der Waals surface area contributed by atoms with Crippen LogP contribution >= 0.6 is 0 Å². The summed E-state index contributed by atoms with van der Waals surface area (Å²) in [4.78, 5) is 24.8. The molecule has 1 aliphatic rings. The number of carbonyl (C=O) groups excluding carboxylic acids is 1. The van der Waals surface area contributed by atoms with Gasteiger partial charge in [-0.2, -0.15) is 0 Å². The lowest BCUT2D eigenvalue weighted by Crippen LogP contribution is -2.40. The van der Waals surface area contributed by atoms with Gasteiger partial charge in [0.25, 0.3) is 0 Å². The standard InChI is InChI=1S/C13H23NO3/c1-4-9(2)14(3)12(15)10-5-7-11(8-6-10)13(16)17/h9-11H,4-8H2,1-3H3,(H,16,17). The lowest BCUT2D eigenvalue weighted by Gasteiger charge is -2.31. The molecule has 0 bridgehead atoms. The van der Waals surface area contributed by atoms with Crippen molar-refractivity contribution in [3.8, 4) is 0 Å². The molecule has 1 aliphatic carbocycles. The molecule has 1 unspecified atom stereocenters. The highest BCUT2D eigenvalue weighted by atomic mass is 16.4. The van der Waals surface area contributed by atoms with E-state index in [1.165, 1.54) is 0 Å². The van der Waals surface area contributed by atoms with E-state index in [9.17, 15) is 9.59 Å². The summed E-state index contributed by atoms with van der Waals surface area (Å²) in [6.45, 7) is 4.11. The maximum absolute atomic E-state index is 12.2. The summed E-state index contributed by atoms with van der Waals surface area (Å²) in [5.74, 6) is -0.744. The van der Waals surface area contributed by atoms with Crippen LogP contribution in [0.2, 0.25) is 0 Å². The third-order valence-electron chi connectivity index (χ3n) is 4.03. The van der Waals surface area contributed by atoms with Crippen LogP contribution in [0.4, 0.5) is 0 Å². The topological polar surface area (TPSA) is 57.6 Å². The van der Waals surface area contributed by atoms with Crippen molar-refractivity contribution in [2.24, 2.45) is 11.8 Å².